The Labute approximate surface area is 125 Å². The Balaban J connectivity index is 3.12. The number of hydrogen-bond donors (Lipinski definition) is 1. The average Bonchev–Trinajstić information content (AvgIpc) is 2.50. The van der Waals surface area contributed by atoms with Crippen molar-refractivity contribution in [2.45, 2.75) is 26.2 Å². The summed E-state index contributed by atoms with van der Waals surface area (Å²) in [6.07, 6.45) is 8.80. The summed E-state index contributed by atoms with van der Waals surface area (Å²) in [4.78, 5) is 11.5. The van der Waals surface area contributed by atoms with Gasteiger partial charge in [-0.05, 0) is 36.1 Å². The first-order valence-corrected chi connectivity index (χ1v) is 6.94. The molecule has 0 spiro atoms. The third kappa shape index (κ3) is 5.92. The Kier molecular flexibility index (Phi) is 7.31. The molecule has 0 saturated heterocycles. The standard InChI is InChI=1S/C18H19NO2/c1-2-3-10-16(11-7-14-19)17(18(20)21)13-12-15-8-5-4-6-9-15/h4-9,11-13H,2-3,10H2,1H3,(H,20,21). The molecule has 0 radical (unpaired) electrons. The zero-order valence-electron chi connectivity index (χ0n) is 12.1. The number of benzene rings is 1. The minimum atomic E-state index is -0.976. The minimum absolute atomic E-state index is 0.235. The lowest BCUT2D eigenvalue weighted by Crippen LogP contribution is -2.02. The number of rotatable bonds is 7. The van der Waals surface area contributed by atoms with Gasteiger partial charge in [-0.2, -0.15) is 5.26 Å². The molecule has 0 saturated carbocycles. The molecule has 0 aromatic heterocycles. The van der Waals surface area contributed by atoms with Gasteiger partial charge in [0.15, 0.2) is 0 Å². The van der Waals surface area contributed by atoms with Crippen molar-refractivity contribution in [3.8, 4) is 6.07 Å². The lowest BCUT2D eigenvalue weighted by Gasteiger charge is -2.05. The van der Waals surface area contributed by atoms with Crippen LogP contribution in [0, 0.1) is 11.3 Å². The second kappa shape index (κ2) is 9.33. The molecule has 1 N–H and O–H groups in total. The van der Waals surface area contributed by atoms with E-state index in [-0.39, 0.29) is 5.57 Å². The number of carbonyl (C=O) groups is 1. The number of aliphatic carboxylic acids is 1. The van der Waals surface area contributed by atoms with Crippen LogP contribution in [0.15, 0.2) is 59.7 Å². The van der Waals surface area contributed by atoms with E-state index in [1.54, 1.807) is 18.2 Å². The molecule has 3 heteroatoms. The number of nitriles is 1. The maximum atomic E-state index is 11.5. The Morgan fingerprint density at radius 2 is 2.00 bits per heavy atom. The fourth-order valence-electron chi connectivity index (χ4n) is 1.87. The zero-order chi connectivity index (χ0) is 15.5. The van der Waals surface area contributed by atoms with Gasteiger partial charge in [-0.15, -0.1) is 0 Å². The fourth-order valence-corrected chi connectivity index (χ4v) is 1.87. The van der Waals surface area contributed by atoms with Crippen molar-refractivity contribution < 1.29 is 9.90 Å². The van der Waals surface area contributed by atoms with Crippen molar-refractivity contribution in [2.75, 3.05) is 0 Å². The average molecular weight is 281 g/mol. The number of nitrogens with zero attached hydrogens (tertiary/aromatic N) is 1. The highest BCUT2D eigenvalue weighted by molar-refractivity contribution is 5.92. The molecule has 0 bridgehead atoms. The molecule has 21 heavy (non-hydrogen) atoms. The Bertz CT molecular complexity index is 589. The Hall–Kier alpha value is -2.60. The number of allylic oxidation sites excluding steroid dienone is 3. The third-order valence-corrected chi connectivity index (χ3v) is 2.98. The van der Waals surface area contributed by atoms with Crippen molar-refractivity contribution in [2.24, 2.45) is 0 Å². The summed E-state index contributed by atoms with van der Waals surface area (Å²) in [6, 6.07) is 11.4. The maximum Gasteiger partial charge on any atom is 0.335 e. The molecule has 1 aromatic rings. The SMILES string of the molecule is CCCCC(C=CC#N)=C(C=Cc1ccccc1)C(=O)O. The van der Waals surface area contributed by atoms with E-state index in [0.717, 1.165) is 18.4 Å². The van der Waals surface area contributed by atoms with Gasteiger partial charge in [0.2, 0.25) is 0 Å². The van der Waals surface area contributed by atoms with Crippen molar-refractivity contribution in [1.82, 2.24) is 0 Å². The summed E-state index contributed by atoms with van der Waals surface area (Å²) in [5.41, 5.74) is 1.85. The molecule has 0 unspecified atom stereocenters. The molecular weight excluding hydrogens is 262 g/mol. The smallest absolute Gasteiger partial charge is 0.335 e. The van der Waals surface area contributed by atoms with Crippen LogP contribution in [0.4, 0.5) is 0 Å². The number of carboxylic acids is 1. The van der Waals surface area contributed by atoms with Gasteiger partial charge < -0.3 is 5.11 Å². The molecule has 1 aromatic carbocycles. The van der Waals surface area contributed by atoms with E-state index in [1.807, 2.05) is 43.3 Å². The van der Waals surface area contributed by atoms with E-state index in [0.29, 0.717) is 12.0 Å². The minimum Gasteiger partial charge on any atom is -0.478 e. The summed E-state index contributed by atoms with van der Waals surface area (Å²) in [5.74, 6) is -0.976. The summed E-state index contributed by atoms with van der Waals surface area (Å²) in [7, 11) is 0. The van der Waals surface area contributed by atoms with E-state index < -0.39 is 5.97 Å². The molecule has 0 aliphatic heterocycles. The normalized spacial score (nSPS) is 12.4. The van der Waals surface area contributed by atoms with Gasteiger partial charge >= 0.3 is 5.97 Å². The highest BCUT2D eigenvalue weighted by atomic mass is 16.4. The number of hydrogen-bond acceptors (Lipinski definition) is 2. The highest BCUT2D eigenvalue weighted by Gasteiger charge is 2.09. The van der Waals surface area contributed by atoms with E-state index in [1.165, 1.54) is 6.08 Å². The molecule has 0 aliphatic carbocycles. The van der Waals surface area contributed by atoms with Crippen LogP contribution in [0.1, 0.15) is 31.7 Å². The van der Waals surface area contributed by atoms with E-state index in [2.05, 4.69) is 0 Å². The predicted molar refractivity (Wildman–Crippen MR) is 84.4 cm³/mol. The van der Waals surface area contributed by atoms with Crippen LogP contribution in [0.3, 0.4) is 0 Å². The van der Waals surface area contributed by atoms with Gasteiger partial charge in [-0.25, -0.2) is 4.79 Å². The second-order valence-electron chi connectivity index (χ2n) is 4.55. The molecule has 0 atom stereocenters. The monoisotopic (exact) mass is 281 g/mol. The van der Waals surface area contributed by atoms with E-state index in [9.17, 15) is 9.90 Å². The van der Waals surface area contributed by atoms with Gasteiger partial charge in [0.05, 0.1) is 11.6 Å². The predicted octanol–water partition coefficient (Wildman–Crippen LogP) is 4.35. The molecule has 1 rings (SSSR count). The first-order chi connectivity index (χ1) is 10.2. The lowest BCUT2D eigenvalue weighted by molar-refractivity contribution is -0.132. The van der Waals surface area contributed by atoms with Gasteiger partial charge in [-0.3, -0.25) is 0 Å². The lowest BCUT2D eigenvalue weighted by atomic mass is 10.0. The largest absolute Gasteiger partial charge is 0.478 e. The van der Waals surface area contributed by atoms with Crippen LogP contribution in [-0.4, -0.2) is 11.1 Å². The Morgan fingerprint density at radius 1 is 1.29 bits per heavy atom. The van der Waals surface area contributed by atoms with Crippen molar-refractivity contribution in [1.29, 1.82) is 5.26 Å². The third-order valence-electron chi connectivity index (χ3n) is 2.98. The van der Waals surface area contributed by atoms with Gasteiger partial charge in [-0.1, -0.05) is 49.8 Å². The van der Waals surface area contributed by atoms with Gasteiger partial charge in [0.25, 0.3) is 0 Å². The van der Waals surface area contributed by atoms with E-state index in [4.69, 9.17) is 5.26 Å². The van der Waals surface area contributed by atoms with Gasteiger partial charge in [0.1, 0.15) is 0 Å². The quantitative estimate of drug-likeness (QED) is 0.459. The zero-order valence-corrected chi connectivity index (χ0v) is 12.1. The second-order valence-corrected chi connectivity index (χ2v) is 4.55. The van der Waals surface area contributed by atoms with Crippen molar-refractivity contribution in [3.05, 3.63) is 65.3 Å². The highest BCUT2D eigenvalue weighted by Crippen LogP contribution is 2.17. The summed E-state index contributed by atoms with van der Waals surface area (Å²) in [5, 5.41) is 18.0. The van der Waals surface area contributed by atoms with Crippen molar-refractivity contribution in [3.63, 3.8) is 0 Å². The Morgan fingerprint density at radius 3 is 2.57 bits per heavy atom. The maximum absolute atomic E-state index is 11.5. The molecule has 0 heterocycles. The summed E-state index contributed by atoms with van der Waals surface area (Å²) < 4.78 is 0. The first kappa shape index (κ1) is 16.5. The number of carboxylic acid groups (broad SMARTS) is 1. The molecule has 0 amide bonds. The topological polar surface area (TPSA) is 61.1 Å². The van der Waals surface area contributed by atoms with Crippen LogP contribution < -0.4 is 0 Å². The molecule has 3 nitrogen and oxygen atoms in total. The van der Waals surface area contributed by atoms with Crippen molar-refractivity contribution >= 4 is 12.0 Å². The van der Waals surface area contributed by atoms with Crippen LogP contribution in [0.5, 0.6) is 0 Å². The molecule has 108 valence electrons. The van der Waals surface area contributed by atoms with E-state index >= 15 is 0 Å². The molecular formula is C18H19NO2. The summed E-state index contributed by atoms with van der Waals surface area (Å²) in [6.45, 7) is 2.05. The van der Waals surface area contributed by atoms with Crippen LogP contribution in [0.2, 0.25) is 0 Å². The van der Waals surface area contributed by atoms with Crippen LogP contribution in [-0.2, 0) is 4.79 Å². The van der Waals surface area contributed by atoms with Crippen LogP contribution in [0.25, 0.3) is 6.08 Å². The number of unbranched alkanes of at least 4 members (excludes halogenated alkanes) is 1. The van der Waals surface area contributed by atoms with Gasteiger partial charge in [0, 0.05) is 6.08 Å². The fraction of sp³-hybridized carbons (Fsp3) is 0.222. The molecule has 0 aliphatic rings. The first-order valence-electron chi connectivity index (χ1n) is 6.94. The summed E-state index contributed by atoms with van der Waals surface area (Å²) >= 11 is 0. The molecule has 0 fully saturated rings. The van der Waals surface area contributed by atoms with Crippen LogP contribution >= 0.6 is 0 Å².